The molecule has 5 nitrogen and oxygen atoms in total. The molecule has 0 spiro atoms. The SMILES string of the molecule is COc1cnccc1C(=O)NCC1CCCCC1N. The number of pyridine rings is 1. The van der Waals surface area contributed by atoms with Gasteiger partial charge >= 0.3 is 0 Å². The Labute approximate surface area is 113 Å². The third kappa shape index (κ3) is 3.44. The van der Waals surface area contributed by atoms with Crippen molar-refractivity contribution >= 4 is 5.91 Å². The number of aromatic nitrogens is 1. The summed E-state index contributed by atoms with van der Waals surface area (Å²) in [7, 11) is 1.53. The molecule has 104 valence electrons. The van der Waals surface area contributed by atoms with Gasteiger partial charge in [0.15, 0.2) is 0 Å². The van der Waals surface area contributed by atoms with Crippen LogP contribution in [0, 0.1) is 5.92 Å². The maximum Gasteiger partial charge on any atom is 0.255 e. The van der Waals surface area contributed by atoms with Crippen LogP contribution >= 0.6 is 0 Å². The lowest BCUT2D eigenvalue weighted by Crippen LogP contribution is -2.41. The first kappa shape index (κ1) is 13.8. The fourth-order valence-corrected chi connectivity index (χ4v) is 2.54. The molecule has 5 heteroatoms. The second-order valence-corrected chi connectivity index (χ2v) is 4.99. The van der Waals surface area contributed by atoms with Gasteiger partial charge < -0.3 is 15.8 Å². The normalized spacial score (nSPS) is 22.8. The largest absolute Gasteiger partial charge is 0.494 e. The molecule has 2 atom stereocenters. The van der Waals surface area contributed by atoms with Crippen LogP contribution in [0.1, 0.15) is 36.0 Å². The van der Waals surface area contributed by atoms with E-state index in [1.807, 2.05) is 0 Å². The second-order valence-electron chi connectivity index (χ2n) is 4.99. The zero-order chi connectivity index (χ0) is 13.7. The molecule has 1 heterocycles. The van der Waals surface area contributed by atoms with Crippen molar-refractivity contribution in [3.05, 3.63) is 24.0 Å². The summed E-state index contributed by atoms with van der Waals surface area (Å²) in [5.74, 6) is 0.746. The Morgan fingerprint density at radius 3 is 3.05 bits per heavy atom. The molecule has 19 heavy (non-hydrogen) atoms. The third-order valence-electron chi connectivity index (χ3n) is 3.74. The molecule has 1 aromatic rings. The highest BCUT2D eigenvalue weighted by atomic mass is 16.5. The molecule has 3 N–H and O–H groups in total. The van der Waals surface area contributed by atoms with Crippen LogP contribution in [0.25, 0.3) is 0 Å². The quantitative estimate of drug-likeness (QED) is 0.859. The fraction of sp³-hybridized carbons (Fsp3) is 0.571. The molecular formula is C14H21N3O2. The van der Waals surface area contributed by atoms with E-state index < -0.39 is 0 Å². The van der Waals surface area contributed by atoms with E-state index in [0.717, 1.165) is 12.8 Å². The van der Waals surface area contributed by atoms with Crippen molar-refractivity contribution in [2.75, 3.05) is 13.7 Å². The van der Waals surface area contributed by atoms with E-state index in [2.05, 4.69) is 10.3 Å². The molecule has 0 aromatic carbocycles. The average molecular weight is 263 g/mol. The Morgan fingerprint density at radius 1 is 1.53 bits per heavy atom. The number of nitrogens with zero attached hydrogens (tertiary/aromatic N) is 1. The van der Waals surface area contributed by atoms with Crippen molar-refractivity contribution in [1.82, 2.24) is 10.3 Å². The van der Waals surface area contributed by atoms with E-state index in [-0.39, 0.29) is 11.9 Å². The van der Waals surface area contributed by atoms with Crippen LogP contribution in [0.3, 0.4) is 0 Å². The van der Waals surface area contributed by atoms with Crippen LogP contribution < -0.4 is 15.8 Å². The monoisotopic (exact) mass is 263 g/mol. The van der Waals surface area contributed by atoms with Gasteiger partial charge in [0.2, 0.25) is 0 Å². The number of carbonyl (C=O) groups excluding carboxylic acids is 1. The predicted octanol–water partition coefficient (Wildman–Crippen LogP) is 1.34. The summed E-state index contributed by atoms with van der Waals surface area (Å²) in [5.41, 5.74) is 6.59. The lowest BCUT2D eigenvalue weighted by atomic mass is 9.85. The van der Waals surface area contributed by atoms with Crippen molar-refractivity contribution in [1.29, 1.82) is 0 Å². The van der Waals surface area contributed by atoms with Crippen molar-refractivity contribution < 1.29 is 9.53 Å². The van der Waals surface area contributed by atoms with Gasteiger partial charge in [-0.05, 0) is 24.8 Å². The molecule has 1 aliphatic carbocycles. The zero-order valence-electron chi connectivity index (χ0n) is 11.3. The van der Waals surface area contributed by atoms with E-state index in [1.54, 1.807) is 18.5 Å². The third-order valence-corrected chi connectivity index (χ3v) is 3.74. The first-order valence-corrected chi connectivity index (χ1v) is 6.74. The minimum absolute atomic E-state index is 0.128. The van der Waals surface area contributed by atoms with Gasteiger partial charge in [-0.15, -0.1) is 0 Å². The van der Waals surface area contributed by atoms with Crippen molar-refractivity contribution in [3.8, 4) is 5.75 Å². The predicted molar refractivity (Wildman–Crippen MR) is 73.1 cm³/mol. The molecular weight excluding hydrogens is 242 g/mol. The van der Waals surface area contributed by atoms with Crippen LogP contribution in [-0.4, -0.2) is 30.6 Å². The first-order valence-electron chi connectivity index (χ1n) is 6.74. The van der Waals surface area contributed by atoms with Gasteiger partial charge in [0.05, 0.1) is 18.9 Å². The van der Waals surface area contributed by atoms with Gasteiger partial charge in [-0.2, -0.15) is 0 Å². The van der Waals surface area contributed by atoms with Crippen LogP contribution in [0.5, 0.6) is 5.75 Å². The molecule has 2 rings (SSSR count). The summed E-state index contributed by atoms with van der Waals surface area (Å²) >= 11 is 0. The van der Waals surface area contributed by atoms with Crippen LogP contribution in [-0.2, 0) is 0 Å². The van der Waals surface area contributed by atoms with Crippen molar-refractivity contribution in [3.63, 3.8) is 0 Å². The van der Waals surface area contributed by atoms with E-state index in [4.69, 9.17) is 10.5 Å². The summed E-state index contributed by atoms with van der Waals surface area (Å²) in [6.45, 7) is 0.630. The highest BCUT2D eigenvalue weighted by Gasteiger charge is 2.22. The Morgan fingerprint density at radius 2 is 2.32 bits per heavy atom. The molecule has 1 amide bonds. The molecule has 1 aromatic heterocycles. The summed E-state index contributed by atoms with van der Waals surface area (Å²) in [5, 5.41) is 2.95. The highest BCUT2D eigenvalue weighted by Crippen LogP contribution is 2.22. The smallest absolute Gasteiger partial charge is 0.255 e. The maximum atomic E-state index is 12.1. The number of hydrogen-bond acceptors (Lipinski definition) is 4. The number of ether oxygens (including phenoxy) is 1. The lowest BCUT2D eigenvalue weighted by Gasteiger charge is -2.28. The first-order chi connectivity index (χ1) is 9.22. The minimum Gasteiger partial charge on any atom is -0.494 e. The number of nitrogens with two attached hydrogens (primary N) is 1. The van der Waals surface area contributed by atoms with E-state index >= 15 is 0 Å². The number of methoxy groups -OCH3 is 1. The van der Waals surface area contributed by atoms with Gasteiger partial charge in [0.25, 0.3) is 5.91 Å². The summed E-state index contributed by atoms with van der Waals surface area (Å²) in [6, 6.07) is 1.86. The number of hydrogen-bond donors (Lipinski definition) is 2. The fourth-order valence-electron chi connectivity index (χ4n) is 2.54. The number of nitrogens with one attached hydrogen (secondary N) is 1. The summed E-state index contributed by atoms with van der Waals surface area (Å²) < 4.78 is 5.13. The van der Waals surface area contributed by atoms with Gasteiger partial charge in [-0.25, -0.2) is 0 Å². The maximum absolute atomic E-state index is 12.1. The Hall–Kier alpha value is -1.62. The standard InChI is InChI=1S/C14H21N3O2/c1-19-13-9-16-7-6-11(13)14(18)17-8-10-4-2-3-5-12(10)15/h6-7,9-10,12H,2-5,8,15H2,1H3,(H,17,18). The summed E-state index contributed by atoms with van der Waals surface area (Å²) in [4.78, 5) is 16.0. The second kappa shape index (κ2) is 6.52. The molecule has 1 fully saturated rings. The van der Waals surface area contributed by atoms with E-state index in [1.165, 1.54) is 20.0 Å². The Balaban J connectivity index is 1.93. The van der Waals surface area contributed by atoms with Crippen LogP contribution in [0.2, 0.25) is 0 Å². The van der Waals surface area contributed by atoms with Gasteiger partial charge in [-0.3, -0.25) is 9.78 Å². The number of carbonyl (C=O) groups is 1. The molecule has 0 bridgehead atoms. The van der Waals surface area contributed by atoms with Gasteiger partial charge in [0.1, 0.15) is 5.75 Å². The molecule has 2 unspecified atom stereocenters. The Kier molecular flexibility index (Phi) is 4.74. The van der Waals surface area contributed by atoms with Crippen LogP contribution in [0.4, 0.5) is 0 Å². The van der Waals surface area contributed by atoms with E-state index in [9.17, 15) is 4.79 Å². The van der Waals surface area contributed by atoms with Gasteiger partial charge in [-0.1, -0.05) is 12.8 Å². The average Bonchev–Trinajstić information content (AvgIpc) is 2.46. The minimum atomic E-state index is -0.128. The number of amides is 1. The molecule has 0 saturated heterocycles. The van der Waals surface area contributed by atoms with Gasteiger partial charge in [0, 0.05) is 18.8 Å². The lowest BCUT2D eigenvalue weighted by molar-refractivity contribution is 0.0938. The molecule has 0 radical (unpaired) electrons. The number of rotatable bonds is 4. The highest BCUT2D eigenvalue weighted by molar-refractivity contribution is 5.96. The topological polar surface area (TPSA) is 77.2 Å². The molecule has 1 saturated carbocycles. The van der Waals surface area contributed by atoms with Crippen LogP contribution in [0.15, 0.2) is 18.5 Å². The zero-order valence-corrected chi connectivity index (χ0v) is 11.3. The summed E-state index contributed by atoms with van der Waals surface area (Å²) in [6.07, 6.45) is 7.68. The molecule has 1 aliphatic rings. The van der Waals surface area contributed by atoms with Crippen molar-refractivity contribution in [2.45, 2.75) is 31.7 Å². The van der Waals surface area contributed by atoms with E-state index in [0.29, 0.717) is 23.8 Å². The molecule has 0 aliphatic heterocycles. The van der Waals surface area contributed by atoms with Crippen molar-refractivity contribution in [2.24, 2.45) is 11.7 Å². The Bertz CT molecular complexity index is 436.